The van der Waals surface area contributed by atoms with E-state index in [0.29, 0.717) is 17.7 Å². The molecule has 0 bridgehead atoms. The van der Waals surface area contributed by atoms with Crippen LogP contribution in [0.25, 0.3) is 0 Å². The molecule has 0 unspecified atom stereocenters. The van der Waals surface area contributed by atoms with E-state index in [2.05, 4.69) is 5.32 Å². The van der Waals surface area contributed by atoms with Crippen molar-refractivity contribution < 1.29 is 53.4 Å². The molecule has 4 N–H and O–H groups in total. The molecular weight excluding hydrogens is 704 g/mol. The number of amides is 1. The zero-order chi connectivity index (χ0) is 39.4. The molecule has 53 heavy (non-hydrogen) atoms. The summed E-state index contributed by atoms with van der Waals surface area (Å²) in [6.45, 7) is 8.53. The van der Waals surface area contributed by atoms with Gasteiger partial charge in [0.1, 0.15) is 25.1 Å². The van der Waals surface area contributed by atoms with Gasteiger partial charge >= 0.3 is 12.1 Å². The maximum atomic E-state index is 13.4. The number of hydrogen-bond donors (Lipinski definition) is 4. The SMILES string of the molecule is CC[C@H]1OC(=O)C[C@@H](O)[C@H](C)[C@@H](O[C@@H]2O[C@H](C)[C@@H](O)[C@H](N(C)C)[C@H]2O)[C@@H](CC=O)C[C@@H](C)C(=O)/C=C/C(C)=C/[C@@H]1COC(=O)Nc1ccc(SC)cc1. The second-order valence-corrected chi connectivity index (χ2v) is 15.3. The van der Waals surface area contributed by atoms with Crippen LogP contribution in [0.4, 0.5) is 10.5 Å². The Bertz CT molecular complexity index is 1420. The van der Waals surface area contributed by atoms with Crippen molar-refractivity contribution in [3.05, 3.63) is 48.1 Å². The van der Waals surface area contributed by atoms with Crippen molar-refractivity contribution in [2.75, 3.05) is 32.3 Å². The van der Waals surface area contributed by atoms with Crippen molar-refractivity contribution in [2.24, 2.45) is 23.7 Å². The van der Waals surface area contributed by atoms with E-state index >= 15 is 0 Å². The third kappa shape index (κ3) is 12.7. The van der Waals surface area contributed by atoms with Crippen molar-refractivity contribution >= 4 is 41.6 Å². The summed E-state index contributed by atoms with van der Waals surface area (Å²) < 4.78 is 23.8. The molecule has 296 valence electrons. The quantitative estimate of drug-likeness (QED) is 0.150. The molecule has 14 heteroatoms. The van der Waals surface area contributed by atoms with E-state index in [1.54, 1.807) is 82.7 Å². The number of aliphatic hydroxyl groups excluding tert-OH is 3. The molecule has 1 aromatic rings. The Morgan fingerprint density at radius 1 is 1.08 bits per heavy atom. The molecule has 13 nitrogen and oxygen atoms in total. The summed E-state index contributed by atoms with van der Waals surface area (Å²) in [6.07, 6.45) is -0.346. The highest BCUT2D eigenvalue weighted by atomic mass is 32.2. The van der Waals surface area contributed by atoms with Gasteiger partial charge < -0.3 is 44.0 Å². The average molecular weight is 763 g/mol. The first-order valence-electron chi connectivity index (χ1n) is 18.2. The number of carbonyl (C=O) groups is 4. The number of carbonyl (C=O) groups excluding carboxylic acids is 4. The molecule has 2 heterocycles. The summed E-state index contributed by atoms with van der Waals surface area (Å²) in [4.78, 5) is 54.3. The lowest BCUT2D eigenvalue weighted by atomic mass is 9.79. The minimum Gasteiger partial charge on any atom is -0.462 e. The fourth-order valence-corrected chi connectivity index (χ4v) is 7.32. The molecule has 2 aliphatic heterocycles. The Labute approximate surface area is 317 Å². The molecule has 2 aliphatic rings. The summed E-state index contributed by atoms with van der Waals surface area (Å²) in [7, 11) is 3.42. The van der Waals surface area contributed by atoms with E-state index in [0.717, 1.165) is 11.2 Å². The summed E-state index contributed by atoms with van der Waals surface area (Å²) in [6, 6.07) is 6.54. The van der Waals surface area contributed by atoms with Gasteiger partial charge in [0.25, 0.3) is 0 Å². The molecule has 1 amide bonds. The number of aliphatic hydroxyl groups is 3. The molecule has 0 spiro atoms. The second-order valence-electron chi connectivity index (χ2n) is 14.4. The van der Waals surface area contributed by atoms with Crippen molar-refractivity contribution in [1.29, 1.82) is 0 Å². The van der Waals surface area contributed by atoms with Crippen LogP contribution in [-0.4, -0.2) is 120 Å². The predicted molar refractivity (Wildman–Crippen MR) is 201 cm³/mol. The van der Waals surface area contributed by atoms with Gasteiger partial charge in [-0.2, -0.15) is 0 Å². The molecule has 0 saturated carbocycles. The topological polar surface area (TPSA) is 181 Å². The number of ketones is 1. The number of cyclic esters (lactones) is 1. The first-order chi connectivity index (χ1) is 25.1. The fourth-order valence-electron chi connectivity index (χ4n) is 6.91. The number of esters is 1. The summed E-state index contributed by atoms with van der Waals surface area (Å²) in [5.74, 6) is -3.47. The third-order valence-corrected chi connectivity index (χ3v) is 10.8. The summed E-state index contributed by atoms with van der Waals surface area (Å²) in [5, 5.41) is 36.2. The van der Waals surface area contributed by atoms with Gasteiger partial charge in [-0.05, 0) is 83.3 Å². The van der Waals surface area contributed by atoms with Gasteiger partial charge in [-0.1, -0.05) is 38.5 Å². The number of nitrogens with one attached hydrogen (secondary N) is 1. The Hall–Kier alpha value is -3.11. The molecule has 0 aliphatic carbocycles. The average Bonchev–Trinajstić information content (AvgIpc) is 3.11. The molecule has 3 rings (SSSR count). The van der Waals surface area contributed by atoms with Crippen LogP contribution in [0.1, 0.15) is 60.3 Å². The number of rotatable bonds is 10. The van der Waals surface area contributed by atoms with Crippen molar-refractivity contribution in [3.8, 4) is 0 Å². The number of benzene rings is 1. The lowest BCUT2D eigenvalue weighted by Gasteiger charge is -2.46. The van der Waals surface area contributed by atoms with Gasteiger partial charge in [0.2, 0.25) is 0 Å². The number of anilines is 1. The van der Waals surface area contributed by atoms with Crippen molar-refractivity contribution in [3.63, 3.8) is 0 Å². The normalized spacial score (nSPS) is 35.1. The predicted octanol–water partition coefficient (Wildman–Crippen LogP) is 4.38. The number of allylic oxidation sites excluding steroid dienone is 3. The summed E-state index contributed by atoms with van der Waals surface area (Å²) >= 11 is 1.58. The van der Waals surface area contributed by atoms with Gasteiger partial charge in [-0.15, -0.1) is 11.8 Å². The van der Waals surface area contributed by atoms with E-state index in [1.807, 2.05) is 25.3 Å². The van der Waals surface area contributed by atoms with Crippen LogP contribution in [-0.2, 0) is 33.3 Å². The Morgan fingerprint density at radius 3 is 2.36 bits per heavy atom. The lowest BCUT2D eigenvalue weighted by Crippen LogP contribution is -2.63. The number of hydrogen-bond acceptors (Lipinski definition) is 13. The van der Waals surface area contributed by atoms with Crippen LogP contribution >= 0.6 is 11.8 Å². The maximum absolute atomic E-state index is 13.4. The van der Waals surface area contributed by atoms with Gasteiger partial charge in [0, 0.05) is 34.8 Å². The van der Waals surface area contributed by atoms with Crippen LogP contribution in [0.3, 0.4) is 0 Å². The smallest absolute Gasteiger partial charge is 0.411 e. The highest BCUT2D eigenvalue weighted by Crippen LogP contribution is 2.34. The molecule has 1 aromatic carbocycles. The highest BCUT2D eigenvalue weighted by molar-refractivity contribution is 7.98. The number of likely N-dealkylation sites (N-methyl/N-ethyl adjacent to an activating group) is 1. The van der Waals surface area contributed by atoms with Gasteiger partial charge in [-0.3, -0.25) is 14.9 Å². The minimum absolute atomic E-state index is 0.0270. The van der Waals surface area contributed by atoms with Crippen LogP contribution in [0.2, 0.25) is 0 Å². The van der Waals surface area contributed by atoms with E-state index in [9.17, 15) is 34.5 Å². The standard InChI is InChI=1S/C39H58N2O11S/c1-9-32-27(21-49-39(48)40-28-11-13-29(53-8)14-12-28)18-22(2)10-15-30(43)23(3)19-26(16-17-42)37(24(4)31(44)20-33(45)51-32)52-38-36(47)34(41(6)7)35(46)25(5)50-38/h10-15,17-18,23-27,31-32,34-38,44,46-47H,9,16,19-21H2,1-8H3,(H,40,48)/b15-10+,22-18+/t23-,24+,25-,26+,27-,31-,32-,34+,35-,36-,37-,38+/m1/s1. The van der Waals surface area contributed by atoms with E-state index in [4.69, 9.17) is 18.9 Å². The van der Waals surface area contributed by atoms with Crippen molar-refractivity contribution in [2.45, 2.75) is 114 Å². The number of ether oxygens (including phenoxy) is 4. The number of thioether (sulfide) groups is 1. The van der Waals surface area contributed by atoms with Crippen LogP contribution < -0.4 is 5.32 Å². The first kappa shape index (κ1) is 44.3. The van der Waals surface area contributed by atoms with E-state index in [-0.39, 0.29) is 25.2 Å². The van der Waals surface area contributed by atoms with Crippen LogP contribution in [0, 0.1) is 23.7 Å². The van der Waals surface area contributed by atoms with Crippen LogP contribution in [0.5, 0.6) is 0 Å². The fraction of sp³-hybridized carbons (Fsp3) is 0.641. The van der Waals surface area contributed by atoms with Gasteiger partial charge in [0.15, 0.2) is 12.1 Å². The molecule has 12 atom stereocenters. The van der Waals surface area contributed by atoms with Crippen LogP contribution in [0.15, 0.2) is 53.0 Å². The molecule has 0 aromatic heterocycles. The Morgan fingerprint density at radius 2 is 1.75 bits per heavy atom. The van der Waals surface area contributed by atoms with Gasteiger partial charge in [-0.25, -0.2) is 4.79 Å². The Balaban J connectivity index is 1.91. The molecule has 1 saturated heterocycles. The van der Waals surface area contributed by atoms with E-state index < -0.39 is 91.1 Å². The molecular formula is C39H58N2O11S. The molecule has 0 radical (unpaired) electrons. The monoisotopic (exact) mass is 762 g/mol. The zero-order valence-corrected chi connectivity index (χ0v) is 32.9. The Kier molecular flexibility index (Phi) is 17.6. The zero-order valence-electron chi connectivity index (χ0n) is 32.0. The molecule has 1 fully saturated rings. The largest absolute Gasteiger partial charge is 0.462 e. The van der Waals surface area contributed by atoms with Crippen molar-refractivity contribution in [1.82, 2.24) is 4.90 Å². The summed E-state index contributed by atoms with van der Waals surface area (Å²) in [5.41, 5.74) is 1.23. The number of nitrogens with zero attached hydrogens (tertiary/aromatic N) is 1. The third-order valence-electron chi connectivity index (χ3n) is 10.1. The second kappa shape index (κ2) is 21.1. The van der Waals surface area contributed by atoms with E-state index in [1.165, 1.54) is 6.08 Å². The minimum atomic E-state index is -1.32. The van der Waals surface area contributed by atoms with Gasteiger partial charge in [0.05, 0.1) is 36.9 Å². The first-order valence-corrected chi connectivity index (χ1v) is 19.4. The number of aldehydes is 1. The maximum Gasteiger partial charge on any atom is 0.411 e. The lowest BCUT2D eigenvalue weighted by molar-refractivity contribution is -0.304. The highest BCUT2D eigenvalue weighted by Gasteiger charge is 2.47.